The average Bonchev–Trinajstić information content (AvgIpc) is 2.95. The molecule has 0 radical (unpaired) electrons. The molecule has 8 nitrogen and oxygen atoms in total. The molecule has 0 amide bonds. The van der Waals surface area contributed by atoms with Crippen LogP contribution >= 0.6 is 22.6 Å². The van der Waals surface area contributed by atoms with Gasteiger partial charge in [0.25, 0.3) is 0 Å². The predicted octanol–water partition coefficient (Wildman–Crippen LogP) is 9.61. The molecule has 0 aromatic carbocycles. The van der Waals surface area contributed by atoms with Crippen LogP contribution in [0.4, 0.5) is 0 Å². The molecule has 0 aromatic rings. The van der Waals surface area contributed by atoms with Crippen molar-refractivity contribution in [2.75, 3.05) is 20.3 Å². The number of methoxy groups -OCH3 is 1. The van der Waals surface area contributed by atoms with Crippen LogP contribution in [0.3, 0.4) is 0 Å². The van der Waals surface area contributed by atoms with E-state index in [-0.39, 0.29) is 63.9 Å². The standard InChI is InChI=1S/C37H75IO8Si3/c1-26(40-11)32(22-28(45-48(14,15)36(5,6)7)25-42-47(12,13)35(2,3)4)41-24-27-18-19-31-34(43-27)29(39)23-33(44-31)30(20-21-38)46-49(16,17)37(8,9)10/h20-21,26-34,39H,18-19,22-25H2,1-17H3/b21-20+/t26-,27?,28?,29-,30+,31+,32?,33?,34?/m1/s1. The van der Waals surface area contributed by atoms with Crippen molar-refractivity contribution in [1.82, 2.24) is 0 Å². The monoisotopic (exact) mass is 858 g/mol. The summed E-state index contributed by atoms with van der Waals surface area (Å²) in [6.07, 6.45) is 2.61. The van der Waals surface area contributed by atoms with Gasteiger partial charge >= 0.3 is 0 Å². The number of hydrogen-bond donors (Lipinski definition) is 1. The number of fused-ring (bicyclic) bond motifs is 1. The molecule has 2 aliphatic rings. The lowest BCUT2D eigenvalue weighted by Crippen LogP contribution is -2.57. The maximum absolute atomic E-state index is 11.4. The molecule has 0 aromatic heterocycles. The highest BCUT2D eigenvalue weighted by Crippen LogP contribution is 2.42. The molecule has 49 heavy (non-hydrogen) atoms. The zero-order valence-electron chi connectivity index (χ0n) is 34.3. The van der Waals surface area contributed by atoms with E-state index >= 15 is 0 Å². The summed E-state index contributed by atoms with van der Waals surface area (Å²) in [6, 6.07) is 0. The minimum Gasteiger partial charge on any atom is -0.414 e. The smallest absolute Gasteiger partial charge is 0.193 e. The van der Waals surface area contributed by atoms with Gasteiger partial charge < -0.3 is 37.3 Å². The molecule has 5 unspecified atom stereocenters. The maximum atomic E-state index is 11.4. The Labute approximate surface area is 318 Å². The third-order valence-corrected chi connectivity index (χ3v) is 26.1. The van der Waals surface area contributed by atoms with Crippen molar-refractivity contribution in [3.63, 3.8) is 0 Å². The van der Waals surface area contributed by atoms with Crippen LogP contribution in [0.25, 0.3) is 0 Å². The first kappa shape index (κ1) is 46.0. The number of rotatable bonds is 16. The van der Waals surface area contributed by atoms with Crippen molar-refractivity contribution in [3.8, 4) is 0 Å². The molecule has 2 heterocycles. The van der Waals surface area contributed by atoms with Crippen LogP contribution in [0.15, 0.2) is 10.2 Å². The minimum absolute atomic E-state index is 0.0726. The van der Waals surface area contributed by atoms with Gasteiger partial charge in [-0.15, -0.1) is 0 Å². The Morgan fingerprint density at radius 1 is 0.837 bits per heavy atom. The molecular weight excluding hydrogens is 784 g/mol. The molecule has 0 spiro atoms. The lowest BCUT2D eigenvalue weighted by atomic mass is 9.90. The fourth-order valence-corrected chi connectivity index (χ4v) is 9.55. The zero-order chi connectivity index (χ0) is 37.8. The number of aliphatic hydroxyl groups is 1. The van der Waals surface area contributed by atoms with Crippen LogP contribution in [-0.2, 0) is 32.2 Å². The summed E-state index contributed by atoms with van der Waals surface area (Å²) in [5, 5.41) is 11.6. The van der Waals surface area contributed by atoms with Gasteiger partial charge in [0, 0.05) is 20.0 Å². The van der Waals surface area contributed by atoms with Crippen LogP contribution in [0.5, 0.6) is 0 Å². The van der Waals surface area contributed by atoms with E-state index in [2.05, 4.69) is 137 Å². The first-order chi connectivity index (χ1) is 22.2. The summed E-state index contributed by atoms with van der Waals surface area (Å²) in [4.78, 5) is 0. The summed E-state index contributed by atoms with van der Waals surface area (Å²) >= 11 is 2.24. The lowest BCUT2D eigenvalue weighted by Gasteiger charge is -2.47. The Hall–Kier alpha value is 0.801. The molecule has 0 bridgehead atoms. The molecule has 9 atom stereocenters. The van der Waals surface area contributed by atoms with Gasteiger partial charge in [0.2, 0.25) is 0 Å². The fraction of sp³-hybridized carbons (Fsp3) is 0.946. The molecular formula is C37H75IO8Si3. The normalized spacial score (nSPS) is 27.5. The minimum atomic E-state index is -2.09. The van der Waals surface area contributed by atoms with E-state index in [1.807, 2.05) is 4.08 Å². The third-order valence-electron chi connectivity index (χ3n) is 12.1. The van der Waals surface area contributed by atoms with Gasteiger partial charge in [-0.05, 0) is 84.3 Å². The van der Waals surface area contributed by atoms with E-state index in [1.165, 1.54) is 0 Å². The molecule has 2 fully saturated rings. The molecule has 290 valence electrons. The van der Waals surface area contributed by atoms with Crippen LogP contribution < -0.4 is 0 Å². The molecule has 12 heteroatoms. The summed E-state index contributed by atoms with van der Waals surface area (Å²) in [5.41, 5.74) is 0. The Bertz CT molecular complexity index is 1040. The second kappa shape index (κ2) is 18.0. The summed E-state index contributed by atoms with van der Waals surface area (Å²) in [7, 11) is -4.38. The fourth-order valence-electron chi connectivity index (χ4n) is 5.49. The third kappa shape index (κ3) is 13.0. The first-order valence-electron chi connectivity index (χ1n) is 18.6. The number of hydrogen-bond acceptors (Lipinski definition) is 8. The zero-order valence-corrected chi connectivity index (χ0v) is 39.4. The Morgan fingerprint density at radius 3 is 1.90 bits per heavy atom. The first-order valence-corrected chi connectivity index (χ1v) is 28.5. The van der Waals surface area contributed by atoms with Gasteiger partial charge in [-0.3, -0.25) is 0 Å². The summed E-state index contributed by atoms with van der Waals surface area (Å²) < 4.78 is 48.2. The SMILES string of the molecule is CO[C@H](C)C(CC(CO[Si](C)(C)C(C)(C)C)O[Si](C)(C)C(C)(C)C)OCC1CC[C@@H]2OC([C@H](/C=C/I)O[Si](C)(C)C(C)(C)C)C[C@@H](O)C2O1. The predicted molar refractivity (Wildman–Crippen MR) is 218 cm³/mol. The lowest BCUT2D eigenvalue weighted by molar-refractivity contribution is -0.244. The molecule has 2 rings (SSSR count). The van der Waals surface area contributed by atoms with E-state index < -0.39 is 31.1 Å². The van der Waals surface area contributed by atoms with E-state index in [0.29, 0.717) is 26.1 Å². The van der Waals surface area contributed by atoms with Crippen molar-refractivity contribution >= 4 is 47.5 Å². The van der Waals surface area contributed by atoms with Crippen molar-refractivity contribution in [2.24, 2.45) is 0 Å². The van der Waals surface area contributed by atoms with Crippen LogP contribution in [0.2, 0.25) is 54.4 Å². The van der Waals surface area contributed by atoms with Crippen LogP contribution in [0.1, 0.15) is 94.9 Å². The Balaban J connectivity index is 2.14. The van der Waals surface area contributed by atoms with Gasteiger partial charge in [-0.25, -0.2) is 0 Å². The van der Waals surface area contributed by atoms with Crippen molar-refractivity contribution < 1.29 is 37.3 Å². The number of halogens is 1. The van der Waals surface area contributed by atoms with Gasteiger partial charge in [0.05, 0.1) is 62.0 Å². The quantitative estimate of drug-likeness (QED) is 0.121. The highest BCUT2D eigenvalue weighted by Gasteiger charge is 2.48. The second-order valence-electron chi connectivity index (χ2n) is 19.1. The maximum Gasteiger partial charge on any atom is 0.193 e. The van der Waals surface area contributed by atoms with Gasteiger partial charge in [0.1, 0.15) is 6.10 Å². The largest absolute Gasteiger partial charge is 0.414 e. The second-order valence-corrected chi connectivity index (χ2v) is 34.1. The number of ether oxygens (including phenoxy) is 4. The van der Waals surface area contributed by atoms with Gasteiger partial charge in [-0.1, -0.05) is 84.9 Å². The van der Waals surface area contributed by atoms with Crippen LogP contribution in [-0.4, -0.2) is 105 Å². The van der Waals surface area contributed by atoms with Crippen molar-refractivity contribution in [3.05, 3.63) is 10.2 Å². The van der Waals surface area contributed by atoms with Gasteiger partial charge in [-0.2, -0.15) is 0 Å². The van der Waals surface area contributed by atoms with Gasteiger partial charge in [0.15, 0.2) is 25.0 Å². The van der Waals surface area contributed by atoms with E-state index in [4.69, 9.17) is 32.2 Å². The van der Waals surface area contributed by atoms with E-state index in [0.717, 1.165) is 12.8 Å². The molecule has 2 aliphatic heterocycles. The average molecular weight is 859 g/mol. The Morgan fingerprint density at radius 2 is 1.39 bits per heavy atom. The van der Waals surface area contributed by atoms with E-state index in [1.54, 1.807) is 7.11 Å². The molecule has 1 N–H and O–H groups in total. The topological polar surface area (TPSA) is 84.8 Å². The Kier molecular flexibility index (Phi) is 16.8. The highest BCUT2D eigenvalue weighted by molar-refractivity contribution is 14.1. The highest BCUT2D eigenvalue weighted by atomic mass is 127. The molecule has 2 saturated heterocycles. The summed E-state index contributed by atoms with van der Waals surface area (Å²) in [6.45, 7) is 37.1. The van der Waals surface area contributed by atoms with Crippen molar-refractivity contribution in [1.29, 1.82) is 0 Å². The molecule has 0 aliphatic carbocycles. The van der Waals surface area contributed by atoms with E-state index in [9.17, 15) is 5.11 Å². The number of aliphatic hydroxyl groups excluding tert-OH is 1. The van der Waals surface area contributed by atoms with Crippen molar-refractivity contribution in [2.45, 2.75) is 204 Å². The van der Waals surface area contributed by atoms with Crippen LogP contribution in [0, 0.1) is 0 Å². The molecule has 0 saturated carbocycles. The summed E-state index contributed by atoms with van der Waals surface area (Å²) in [5.74, 6) is 0.